The van der Waals surface area contributed by atoms with Crippen LogP contribution in [0.25, 0.3) is 0 Å². The van der Waals surface area contributed by atoms with Gasteiger partial charge in [-0.3, -0.25) is 9.80 Å². The van der Waals surface area contributed by atoms with Crippen LogP contribution in [0, 0.1) is 0 Å². The van der Waals surface area contributed by atoms with Crippen LogP contribution in [0.1, 0.15) is 44.2 Å². The first kappa shape index (κ1) is 25.1. The molecule has 0 bridgehead atoms. The molecule has 0 aliphatic carbocycles. The minimum atomic E-state index is -3.18. The summed E-state index contributed by atoms with van der Waals surface area (Å²) in [6.45, 7) is 7.30. The van der Waals surface area contributed by atoms with Gasteiger partial charge in [-0.25, -0.2) is 13.2 Å². The van der Waals surface area contributed by atoms with E-state index in [4.69, 9.17) is 14.3 Å². The molecule has 2 aromatic rings. The van der Waals surface area contributed by atoms with Crippen LogP contribution in [0.2, 0.25) is 0 Å². The standard InChI is InChI=1S/C25H30N2O4S.CO2/c1-24(2)12-15-32(29,30)22-9-8-19(16-21(22)24)17-26-13-10-25(11-14-26)18-27(23(28)31-25)20-6-4-3-5-7-20;2-1-3/h3-9,16H,10-15,17-18H2,1-2H3;. The molecule has 3 aliphatic rings. The molecular weight excluding hydrogens is 468 g/mol. The van der Waals surface area contributed by atoms with E-state index < -0.39 is 15.4 Å². The van der Waals surface area contributed by atoms with Crippen molar-refractivity contribution in [2.75, 3.05) is 30.3 Å². The van der Waals surface area contributed by atoms with Gasteiger partial charge in [0.1, 0.15) is 5.60 Å². The van der Waals surface area contributed by atoms with E-state index >= 15 is 0 Å². The number of sulfone groups is 1. The molecule has 0 N–H and O–H groups in total. The second kappa shape index (κ2) is 9.57. The molecule has 35 heavy (non-hydrogen) atoms. The van der Waals surface area contributed by atoms with Crippen LogP contribution in [0.3, 0.4) is 0 Å². The minimum Gasteiger partial charge on any atom is -0.441 e. The third-order valence-electron chi connectivity index (χ3n) is 7.32. The normalized spacial score (nSPS) is 21.9. The number of para-hydroxylation sites is 1. The van der Waals surface area contributed by atoms with Gasteiger partial charge in [0.15, 0.2) is 9.84 Å². The lowest BCUT2D eigenvalue weighted by molar-refractivity contribution is -0.191. The zero-order chi connectivity index (χ0) is 25.3. The predicted molar refractivity (Wildman–Crippen MR) is 129 cm³/mol. The van der Waals surface area contributed by atoms with Crippen molar-refractivity contribution in [3.8, 4) is 0 Å². The molecule has 9 heteroatoms. The number of piperidine rings is 1. The van der Waals surface area contributed by atoms with Gasteiger partial charge in [-0.05, 0) is 41.2 Å². The molecule has 0 atom stereocenters. The number of benzene rings is 2. The molecule has 3 aliphatic heterocycles. The van der Waals surface area contributed by atoms with Gasteiger partial charge >= 0.3 is 12.2 Å². The van der Waals surface area contributed by atoms with Gasteiger partial charge in [-0.15, -0.1) is 0 Å². The second-order valence-corrected chi connectivity index (χ2v) is 12.2. The average molecular weight is 499 g/mol. The average Bonchev–Trinajstić information content (AvgIpc) is 3.15. The number of anilines is 1. The van der Waals surface area contributed by atoms with Crippen LogP contribution in [-0.4, -0.2) is 56.6 Å². The van der Waals surface area contributed by atoms with E-state index in [0.29, 0.717) is 17.9 Å². The lowest BCUT2D eigenvalue weighted by Crippen LogP contribution is -2.46. The molecule has 0 saturated carbocycles. The SMILES string of the molecule is CC1(C)CCS(=O)(=O)c2ccc(CN3CCC4(CC3)CN(c3ccccc3)C(=O)O4)cc21.O=C=O. The summed E-state index contributed by atoms with van der Waals surface area (Å²) in [6.07, 6.45) is 2.24. The highest BCUT2D eigenvalue weighted by molar-refractivity contribution is 7.91. The third kappa shape index (κ3) is 5.17. The maximum absolute atomic E-state index is 12.5. The minimum absolute atomic E-state index is 0.137. The lowest BCUT2D eigenvalue weighted by Gasteiger charge is -2.38. The fourth-order valence-electron chi connectivity index (χ4n) is 5.18. The summed E-state index contributed by atoms with van der Waals surface area (Å²) in [6, 6.07) is 15.5. The maximum Gasteiger partial charge on any atom is 0.415 e. The number of carbonyl (C=O) groups excluding carboxylic acids is 3. The molecule has 186 valence electrons. The Hall–Kier alpha value is -3.00. The highest BCUT2D eigenvalue weighted by Gasteiger charge is 2.47. The summed E-state index contributed by atoms with van der Waals surface area (Å²) in [4.78, 5) is 33.4. The highest BCUT2D eigenvalue weighted by atomic mass is 32.2. The van der Waals surface area contributed by atoms with Crippen LogP contribution in [0.15, 0.2) is 53.4 Å². The van der Waals surface area contributed by atoms with Gasteiger partial charge < -0.3 is 4.74 Å². The number of nitrogens with zero attached hydrogens (tertiary/aromatic N) is 2. The summed E-state index contributed by atoms with van der Waals surface area (Å²) >= 11 is 0. The van der Waals surface area contributed by atoms with E-state index in [-0.39, 0.29) is 23.4 Å². The summed E-state index contributed by atoms with van der Waals surface area (Å²) in [5.41, 5.74) is 2.40. The largest absolute Gasteiger partial charge is 0.441 e. The van der Waals surface area contributed by atoms with Gasteiger partial charge in [0.05, 0.1) is 17.2 Å². The number of amides is 1. The maximum atomic E-state index is 12.5. The fourth-order valence-corrected chi connectivity index (χ4v) is 7.12. The number of hydrogen-bond donors (Lipinski definition) is 0. The van der Waals surface area contributed by atoms with Crippen molar-refractivity contribution in [2.45, 2.75) is 55.6 Å². The zero-order valence-corrected chi connectivity index (χ0v) is 20.8. The monoisotopic (exact) mass is 498 g/mol. The number of likely N-dealkylation sites (tertiary alicyclic amines) is 1. The quantitative estimate of drug-likeness (QED) is 0.638. The first-order valence-corrected chi connectivity index (χ1v) is 13.4. The molecule has 2 fully saturated rings. The van der Waals surface area contributed by atoms with Crippen molar-refractivity contribution in [2.24, 2.45) is 0 Å². The topological polar surface area (TPSA) is 101 Å². The van der Waals surface area contributed by atoms with Crippen LogP contribution in [0.4, 0.5) is 10.5 Å². The Kier molecular flexibility index (Phi) is 6.86. The molecule has 1 amide bonds. The Morgan fingerprint density at radius 2 is 1.66 bits per heavy atom. The second-order valence-electron chi connectivity index (χ2n) is 10.1. The van der Waals surface area contributed by atoms with Gasteiger partial charge in [-0.1, -0.05) is 44.2 Å². The van der Waals surface area contributed by atoms with Crippen LogP contribution < -0.4 is 4.90 Å². The summed E-state index contributed by atoms with van der Waals surface area (Å²) < 4.78 is 30.9. The lowest BCUT2D eigenvalue weighted by atomic mass is 9.81. The first-order chi connectivity index (χ1) is 16.6. The van der Waals surface area contributed by atoms with Crippen molar-refractivity contribution >= 4 is 27.8 Å². The highest BCUT2D eigenvalue weighted by Crippen LogP contribution is 2.40. The van der Waals surface area contributed by atoms with Crippen molar-refractivity contribution in [3.05, 3.63) is 59.7 Å². The fraction of sp³-hybridized carbons (Fsp3) is 0.462. The van der Waals surface area contributed by atoms with Crippen molar-refractivity contribution in [1.82, 2.24) is 4.90 Å². The van der Waals surface area contributed by atoms with Crippen LogP contribution in [-0.2, 0) is 36.1 Å². The predicted octanol–water partition coefficient (Wildman–Crippen LogP) is 3.55. The Bertz CT molecular complexity index is 1230. The number of rotatable bonds is 3. The summed E-state index contributed by atoms with van der Waals surface area (Å²) in [5, 5.41) is 0. The molecule has 0 unspecified atom stereocenters. The van der Waals surface area contributed by atoms with E-state index in [1.807, 2.05) is 36.4 Å². The van der Waals surface area contributed by atoms with E-state index in [2.05, 4.69) is 24.8 Å². The number of fused-ring (bicyclic) bond motifs is 1. The van der Waals surface area contributed by atoms with Gasteiger partial charge in [0.25, 0.3) is 0 Å². The van der Waals surface area contributed by atoms with Gasteiger partial charge in [0.2, 0.25) is 0 Å². The first-order valence-electron chi connectivity index (χ1n) is 11.7. The van der Waals surface area contributed by atoms with E-state index in [0.717, 1.165) is 49.3 Å². The molecule has 3 heterocycles. The Morgan fingerprint density at radius 1 is 1.00 bits per heavy atom. The molecule has 2 saturated heterocycles. The Morgan fingerprint density at radius 3 is 2.31 bits per heavy atom. The van der Waals surface area contributed by atoms with Crippen LogP contribution in [0.5, 0.6) is 0 Å². The number of hydrogen-bond acceptors (Lipinski definition) is 7. The van der Waals surface area contributed by atoms with E-state index in [1.54, 1.807) is 11.0 Å². The molecule has 2 aromatic carbocycles. The number of carbonyl (C=O) groups is 1. The smallest absolute Gasteiger partial charge is 0.415 e. The van der Waals surface area contributed by atoms with Crippen molar-refractivity contribution < 1.29 is 27.5 Å². The summed E-state index contributed by atoms with van der Waals surface area (Å²) in [7, 11) is -3.18. The molecule has 5 rings (SSSR count). The number of ether oxygens (including phenoxy) is 1. The van der Waals surface area contributed by atoms with Gasteiger partial charge in [0, 0.05) is 38.2 Å². The summed E-state index contributed by atoms with van der Waals surface area (Å²) in [5.74, 6) is 0.222. The molecule has 8 nitrogen and oxygen atoms in total. The van der Waals surface area contributed by atoms with Gasteiger partial charge in [-0.2, -0.15) is 9.59 Å². The third-order valence-corrected chi connectivity index (χ3v) is 9.08. The molecule has 0 aromatic heterocycles. The van der Waals surface area contributed by atoms with E-state index in [9.17, 15) is 13.2 Å². The molecule has 0 radical (unpaired) electrons. The van der Waals surface area contributed by atoms with Crippen molar-refractivity contribution in [1.29, 1.82) is 0 Å². The zero-order valence-electron chi connectivity index (χ0n) is 20.0. The van der Waals surface area contributed by atoms with E-state index in [1.165, 1.54) is 0 Å². The van der Waals surface area contributed by atoms with Crippen molar-refractivity contribution in [3.63, 3.8) is 0 Å². The Labute approximate surface area is 205 Å². The molecular formula is C26H30N2O6S. The molecule has 1 spiro atoms. The van der Waals surface area contributed by atoms with Crippen LogP contribution >= 0.6 is 0 Å². The Balaban J connectivity index is 0.000000917.